The predicted octanol–water partition coefficient (Wildman–Crippen LogP) is 7.34. The fourth-order valence-electron chi connectivity index (χ4n) is 3.80. The Morgan fingerprint density at radius 1 is 1.00 bits per heavy atom. The number of fused-ring (bicyclic) bond motifs is 1. The number of alkyl halides is 3. The van der Waals surface area contributed by atoms with Gasteiger partial charge in [-0.25, -0.2) is 4.39 Å². The van der Waals surface area contributed by atoms with Crippen molar-refractivity contribution in [1.82, 2.24) is 9.88 Å². The van der Waals surface area contributed by atoms with Crippen molar-refractivity contribution in [3.63, 3.8) is 0 Å². The van der Waals surface area contributed by atoms with E-state index in [4.69, 9.17) is 0 Å². The van der Waals surface area contributed by atoms with Crippen molar-refractivity contribution in [2.75, 3.05) is 11.8 Å². The van der Waals surface area contributed by atoms with Gasteiger partial charge in [-0.3, -0.25) is 9.78 Å². The number of aromatic nitrogens is 1. The van der Waals surface area contributed by atoms with E-state index in [1.54, 1.807) is 35.7 Å². The number of hydrogen-bond donors (Lipinski definition) is 1. The summed E-state index contributed by atoms with van der Waals surface area (Å²) in [6.07, 6.45) is -1.49. The molecule has 1 aliphatic heterocycles. The van der Waals surface area contributed by atoms with Crippen LogP contribution in [-0.2, 0) is 12.7 Å². The molecule has 4 nitrogen and oxygen atoms in total. The number of pyridine rings is 1. The van der Waals surface area contributed by atoms with Crippen molar-refractivity contribution in [2.24, 2.45) is 0 Å². The summed E-state index contributed by atoms with van der Waals surface area (Å²) in [4.78, 5) is 20.3. The maximum atomic E-state index is 13.5. The number of hydrogen-bond acceptors (Lipinski definition) is 5. The van der Waals surface area contributed by atoms with Crippen LogP contribution < -0.4 is 4.72 Å². The van der Waals surface area contributed by atoms with E-state index in [9.17, 15) is 22.4 Å². The zero-order valence-electron chi connectivity index (χ0n) is 18.2. The molecular formula is C25H17F4N3OS2. The smallest absolute Gasteiger partial charge is 0.337 e. The van der Waals surface area contributed by atoms with Gasteiger partial charge in [-0.05, 0) is 71.6 Å². The molecule has 1 N–H and O–H groups in total. The maximum Gasteiger partial charge on any atom is 0.419 e. The first-order chi connectivity index (χ1) is 16.7. The molecule has 0 fully saturated rings. The number of amides is 1. The van der Waals surface area contributed by atoms with Crippen molar-refractivity contribution in [1.29, 1.82) is 0 Å². The number of benzene rings is 2. The van der Waals surface area contributed by atoms with Crippen LogP contribution in [-0.4, -0.2) is 22.8 Å². The van der Waals surface area contributed by atoms with Crippen LogP contribution >= 0.6 is 23.3 Å². The zero-order chi connectivity index (χ0) is 24.7. The van der Waals surface area contributed by atoms with Crippen LogP contribution in [0, 0.1) is 5.82 Å². The number of thiophene rings is 1. The van der Waals surface area contributed by atoms with Gasteiger partial charge in [0, 0.05) is 45.6 Å². The molecule has 35 heavy (non-hydrogen) atoms. The molecule has 1 aliphatic rings. The highest BCUT2D eigenvalue weighted by Gasteiger charge is 2.34. The lowest BCUT2D eigenvalue weighted by molar-refractivity contribution is -0.140. The van der Waals surface area contributed by atoms with Gasteiger partial charge in [0.05, 0.1) is 17.4 Å². The number of halogens is 4. The van der Waals surface area contributed by atoms with Gasteiger partial charge in [0.1, 0.15) is 5.82 Å². The number of nitrogens with one attached hydrogen (secondary N) is 1. The quantitative estimate of drug-likeness (QED) is 0.223. The molecule has 5 rings (SSSR count). The van der Waals surface area contributed by atoms with E-state index >= 15 is 0 Å². The first kappa shape index (κ1) is 23.4. The Morgan fingerprint density at radius 3 is 2.54 bits per heavy atom. The van der Waals surface area contributed by atoms with E-state index in [2.05, 4.69) is 9.71 Å². The molecular weight excluding hydrogens is 498 g/mol. The van der Waals surface area contributed by atoms with Crippen LogP contribution in [0.2, 0.25) is 0 Å². The molecule has 3 heterocycles. The van der Waals surface area contributed by atoms with Gasteiger partial charge in [-0.2, -0.15) is 13.2 Å². The second-order valence-corrected chi connectivity index (χ2v) is 9.97. The molecule has 10 heteroatoms. The summed E-state index contributed by atoms with van der Waals surface area (Å²) in [5.74, 6) is -1.28. The summed E-state index contributed by atoms with van der Waals surface area (Å²) < 4.78 is 55.4. The molecule has 0 unspecified atom stereocenters. The maximum absolute atomic E-state index is 13.5. The zero-order valence-corrected chi connectivity index (χ0v) is 19.8. The van der Waals surface area contributed by atoms with E-state index in [0.717, 1.165) is 56.1 Å². The van der Waals surface area contributed by atoms with Crippen LogP contribution in [0.15, 0.2) is 71.9 Å². The molecule has 1 amide bonds. The molecule has 0 spiro atoms. The van der Waals surface area contributed by atoms with Gasteiger partial charge in [-0.1, -0.05) is 6.07 Å². The van der Waals surface area contributed by atoms with Crippen LogP contribution in [0.4, 0.5) is 23.2 Å². The van der Waals surface area contributed by atoms with E-state index in [1.165, 1.54) is 6.07 Å². The second kappa shape index (κ2) is 9.01. The SMILES string of the molecule is CN1Cc2cc(-c3ccc(-c4cncc(NSc5ccc(F)c(C(F)(F)F)c5)c4)s3)ccc2C1=O. The van der Waals surface area contributed by atoms with Crippen molar-refractivity contribution < 1.29 is 22.4 Å². The number of nitrogens with zero attached hydrogens (tertiary/aromatic N) is 2. The van der Waals surface area contributed by atoms with Crippen LogP contribution in [0.5, 0.6) is 0 Å². The lowest BCUT2D eigenvalue weighted by Gasteiger charge is -2.11. The minimum absolute atomic E-state index is 0.0296. The third-order valence-corrected chi connectivity index (χ3v) is 7.54. The highest BCUT2D eigenvalue weighted by Crippen LogP contribution is 2.38. The number of carbonyl (C=O) groups excluding carboxylic acids is 1. The molecule has 0 saturated heterocycles. The lowest BCUT2D eigenvalue weighted by atomic mass is 10.1. The molecule has 0 radical (unpaired) electrons. The topological polar surface area (TPSA) is 45.2 Å². The molecule has 2 aromatic heterocycles. The van der Waals surface area contributed by atoms with Gasteiger partial charge in [0.2, 0.25) is 0 Å². The van der Waals surface area contributed by atoms with E-state index in [0.29, 0.717) is 12.2 Å². The Hall–Kier alpha value is -3.37. The van der Waals surface area contributed by atoms with Crippen molar-refractivity contribution in [3.8, 4) is 20.9 Å². The van der Waals surface area contributed by atoms with E-state index in [-0.39, 0.29) is 10.8 Å². The molecule has 2 aromatic carbocycles. The van der Waals surface area contributed by atoms with Crippen molar-refractivity contribution in [2.45, 2.75) is 17.6 Å². The largest absolute Gasteiger partial charge is 0.419 e. The fraction of sp³-hybridized carbons (Fsp3) is 0.120. The van der Waals surface area contributed by atoms with E-state index in [1.807, 2.05) is 36.4 Å². The summed E-state index contributed by atoms with van der Waals surface area (Å²) in [5, 5.41) is 0. The molecule has 0 bridgehead atoms. The first-order valence-corrected chi connectivity index (χ1v) is 12.1. The third kappa shape index (κ3) is 4.76. The number of rotatable bonds is 5. The summed E-state index contributed by atoms with van der Waals surface area (Å²) in [5.41, 5.74) is 2.90. The van der Waals surface area contributed by atoms with Crippen LogP contribution in [0.1, 0.15) is 21.5 Å². The van der Waals surface area contributed by atoms with Gasteiger partial charge in [0.15, 0.2) is 0 Å². The minimum Gasteiger partial charge on any atom is -0.337 e. The molecule has 0 atom stereocenters. The van der Waals surface area contributed by atoms with Crippen molar-refractivity contribution >= 4 is 34.9 Å². The average Bonchev–Trinajstić information content (AvgIpc) is 3.43. The summed E-state index contributed by atoms with van der Waals surface area (Å²) in [6.45, 7) is 0.591. The highest BCUT2D eigenvalue weighted by molar-refractivity contribution is 8.00. The van der Waals surface area contributed by atoms with Crippen molar-refractivity contribution in [3.05, 3.63) is 89.5 Å². The van der Waals surface area contributed by atoms with Gasteiger partial charge < -0.3 is 9.62 Å². The minimum atomic E-state index is -4.76. The normalized spacial score (nSPS) is 13.3. The third-order valence-electron chi connectivity index (χ3n) is 5.53. The van der Waals surface area contributed by atoms with Gasteiger partial charge in [-0.15, -0.1) is 11.3 Å². The van der Waals surface area contributed by atoms with Crippen LogP contribution in [0.25, 0.3) is 20.9 Å². The Kier molecular flexibility index (Phi) is 6.02. The number of carbonyl (C=O) groups is 1. The first-order valence-electron chi connectivity index (χ1n) is 10.4. The van der Waals surface area contributed by atoms with Gasteiger partial charge in [0.25, 0.3) is 5.91 Å². The Labute approximate surface area is 206 Å². The lowest BCUT2D eigenvalue weighted by Crippen LogP contribution is -2.17. The summed E-state index contributed by atoms with van der Waals surface area (Å²) in [6, 6.07) is 14.5. The Balaban J connectivity index is 1.33. The molecule has 178 valence electrons. The molecule has 0 aliphatic carbocycles. The average molecular weight is 516 g/mol. The standard InChI is InChI=1S/C25H17F4N3OS2/c1-32-13-16-8-14(2-4-19(16)24(32)33)22-6-7-23(34-22)15-9-17(12-30-11-15)31-35-18-3-5-21(26)20(10-18)25(27,28)29/h2-12,31H,13H2,1H3. The van der Waals surface area contributed by atoms with Crippen LogP contribution in [0.3, 0.4) is 0 Å². The molecule has 0 saturated carbocycles. The monoisotopic (exact) mass is 515 g/mol. The molecule has 4 aromatic rings. The second-order valence-electron chi connectivity index (χ2n) is 8.00. The Bertz CT molecular complexity index is 1430. The fourth-order valence-corrected chi connectivity index (χ4v) is 5.44. The van der Waals surface area contributed by atoms with E-state index < -0.39 is 17.6 Å². The summed E-state index contributed by atoms with van der Waals surface area (Å²) >= 11 is 2.52. The Morgan fingerprint density at radius 2 is 1.77 bits per heavy atom. The number of anilines is 1. The highest BCUT2D eigenvalue weighted by atomic mass is 32.2. The predicted molar refractivity (Wildman–Crippen MR) is 130 cm³/mol. The summed E-state index contributed by atoms with van der Waals surface area (Å²) in [7, 11) is 1.78. The van der Waals surface area contributed by atoms with Gasteiger partial charge >= 0.3 is 6.18 Å².